The first kappa shape index (κ1) is 103. The molecule has 2 aliphatic carbocycles. The lowest BCUT2D eigenvalue weighted by molar-refractivity contribution is -0.174. The topological polar surface area (TPSA) is 218 Å². The first-order valence-electron chi connectivity index (χ1n) is 48.8. The van der Waals surface area contributed by atoms with Crippen LogP contribution in [-0.2, 0) is 102 Å². The Morgan fingerprint density at radius 2 is 0.621 bits per heavy atom. The van der Waals surface area contributed by atoms with Crippen molar-refractivity contribution >= 4 is 84.5 Å². The third-order valence-electron chi connectivity index (χ3n) is 26.2. The molecule has 15 aromatic carbocycles. The maximum Gasteiger partial charge on any atom is 0.505 e. The van der Waals surface area contributed by atoms with E-state index in [1.54, 1.807) is 7.11 Å². The minimum absolute atomic E-state index is 0.00830. The van der Waals surface area contributed by atoms with Crippen LogP contribution in [0.5, 0.6) is 28.7 Å². The second-order valence-electron chi connectivity index (χ2n) is 36.5. The van der Waals surface area contributed by atoms with Crippen LogP contribution in [0.3, 0.4) is 0 Å². The lowest BCUT2D eigenvalue weighted by Gasteiger charge is -2.41. The first-order chi connectivity index (χ1) is 70.6. The number of carbonyl (C=O) groups is 5. The number of hydrogen-bond donors (Lipinski definition) is 2. The monoisotopic (exact) mass is 2030 g/mol. The molecule has 15 aromatic rings. The normalized spacial score (nSPS) is 18.4. The molecule has 0 radical (unpaired) electrons. The van der Waals surface area contributed by atoms with Crippen molar-refractivity contribution in [2.24, 2.45) is 23.7 Å². The first-order valence-corrected chi connectivity index (χ1v) is 54.9. The third-order valence-corrected chi connectivity index (χ3v) is 37.2. The van der Waals surface area contributed by atoms with Crippen LogP contribution < -0.4 is 18.9 Å². The summed E-state index contributed by atoms with van der Waals surface area (Å²) in [6, 6.07) is 131. The van der Waals surface area contributed by atoms with Crippen LogP contribution in [0, 0.1) is 79.1 Å². The average Bonchev–Trinajstić information content (AvgIpc) is 1.57. The Kier molecular flexibility index (Phi) is 34.5. The number of carbonyl (C=O) groups excluding carboxylic acids is 4. The van der Waals surface area contributed by atoms with Crippen LogP contribution in [0.2, 0.25) is 0 Å². The van der Waals surface area contributed by atoms with Gasteiger partial charge in [-0.05, 0) is 284 Å². The predicted octanol–water partition coefficient (Wildman–Crippen LogP) is 25.8. The summed E-state index contributed by atoms with van der Waals surface area (Å²) in [7, 11) is 0.724. The van der Waals surface area contributed by atoms with E-state index in [0.29, 0.717) is 29.6 Å². The van der Waals surface area contributed by atoms with Crippen molar-refractivity contribution in [1.29, 1.82) is 0 Å². The molecule has 22 heteroatoms. The van der Waals surface area contributed by atoms with Crippen LogP contribution >= 0.6 is 0 Å². The predicted molar refractivity (Wildman–Crippen MR) is 569 cm³/mol. The van der Waals surface area contributed by atoms with Gasteiger partial charge in [-0.25, -0.2) is 14.4 Å². The summed E-state index contributed by atoms with van der Waals surface area (Å²) in [5.41, 5.74) is 7.79. The summed E-state index contributed by atoms with van der Waals surface area (Å²) in [5, 5.41) is 18.6. The van der Waals surface area contributed by atoms with E-state index in [4.69, 9.17) is 47.7 Å². The zero-order chi connectivity index (χ0) is 101. The Hall–Kier alpha value is -13.8. The number of benzene rings is 15. The number of carboxylic acid groups (broad SMARTS) is 1. The Labute approximate surface area is 863 Å². The number of esters is 4. The molecule has 2 saturated carbocycles. The van der Waals surface area contributed by atoms with Crippen molar-refractivity contribution < 1.29 is 81.6 Å². The summed E-state index contributed by atoms with van der Waals surface area (Å²) in [5.74, 6) is 2.63. The van der Waals surface area contributed by atoms with Gasteiger partial charge in [-0.15, -0.1) is 0 Å². The molecule has 5 aliphatic heterocycles. The summed E-state index contributed by atoms with van der Waals surface area (Å²) in [6.45, 7) is 15.8. The van der Waals surface area contributed by atoms with Gasteiger partial charge >= 0.3 is 30.0 Å². The number of phenolic OH excluding ortho intramolecular Hbond substituents is 1. The maximum atomic E-state index is 12.9. The molecule has 5 heterocycles. The molecule has 10 unspecified atom stereocenters. The minimum atomic E-state index is -1.29. The fourth-order valence-electron chi connectivity index (χ4n) is 19.8. The lowest BCUT2D eigenvalue weighted by atomic mass is 9.67. The van der Waals surface area contributed by atoms with Gasteiger partial charge in [0.15, 0.2) is 98.9 Å². The highest BCUT2D eigenvalue weighted by atomic mass is 32.2. The van der Waals surface area contributed by atoms with Gasteiger partial charge < -0.3 is 57.6 Å². The molecule has 0 spiro atoms. The number of hydrogen-bond acceptors (Lipinski definition) is 16. The summed E-state index contributed by atoms with van der Waals surface area (Å²) < 4.78 is 56.0. The SMILES string of the molecule is COc1ccc([S+](c2ccccc2)c2ccccc2)cc1.Cc1cc([S+](c2ccccc2)c2ccccc2)cc(C)c1O.Cc1cc([S+](c2ccccc2)c2ccccc2)cc(C)c1OCC(=O)OC1C2CC3C(=O)OC1C3O2.Cc1cc([S+](c2ccccc2)c2ccccc2)cc(C)c1OCC(=O)OC1C2CC3CC(C2)C(=O)OC1C3.Cc1cc([S+](c2ccccc2)c2ccccc2)cc(C)c1OCCOC(=O)O. The number of rotatable bonds is 28. The van der Waals surface area contributed by atoms with Gasteiger partial charge in [-0.2, -0.15) is 0 Å². The molecular formula is C123H119O17S5+5. The Balaban J connectivity index is 0.000000127. The molecule has 7 aliphatic rings. The zero-order valence-corrected chi connectivity index (χ0v) is 86.6. The second kappa shape index (κ2) is 48.7. The summed E-state index contributed by atoms with van der Waals surface area (Å²) in [4.78, 5) is 79.1. The highest BCUT2D eigenvalue weighted by Gasteiger charge is 2.65. The molecule has 6 bridgehead atoms. The smallest absolute Gasteiger partial charge is 0.505 e. The summed E-state index contributed by atoms with van der Waals surface area (Å²) >= 11 is 0. The summed E-state index contributed by atoms with van der Waals surface area (Å²) in [6.07, 6.45) is 0.423. The fraction of sp³-hybridized carbons (Fsp3) is 0.228. The van der Waals surface area contributed by atoms with Crippen LogP contribution in [0.1, 0.15) is 76.6 Å². The van der Waals surface area contributed by atoms with Crippen molar-refractivity contribution in [3.63, 3.8) is 0 Å². The third kappa shape index (κ3) is 25.2. The van der Waals surface area contributed by atoms with Crippen molar-refractivity contribution in [3.8, 4) is 28.7 Å². The minimum Gasteiger partial charge on any atom is -0.507 e. The number of phenols is 1. The average molecular weight is 2030 g/mol. The maximum absolute atomic E-state index is 12.9. The van der Waals surface area contributed by atoms with E-state index >= 15 is 0 Å². The van der Waals surface area contributed by atoms with Gasteiger partial charge in [0.05, 0.1) is 79.5 Å². The van der Waals surface area contributed by atoms with Gasteiger partial charge in [-0.1, -0.05) is 182 Å². The van der Waals surface area contributed by atoms with Crippen molar-refractivity contribution in [2.45, 2.75) is 198 Å². The van der Waals surface area contributed by atoms with Crippen molar-refractivity contribution in [2.75, 3.05) is 33.5 Å². The van der Waals surface area contributed by atoms with E-state index in [1.807, 2.05) is 116 Å². The lowest BCUT2D eigenvalue weighted by Crippen LogP contribution is -2.45. The Morgan fingerprint density at radius 3 is 0.945 bits per heavy atom. The van der Waals surface area contributed by atoms with Crippen LogP contribution in [-0.4, -0.2) is 110 Å². The van der Waals surface area contributed by atoms with Crippen LogP contribution in [0.4, 0.5) is 4.79 Å². The van der Waals surface area contributed by atoms with Gasteiger partial charge in [0, 0.05) is 54.4 Å². The molecule has 7 fully saturated rings. The van der Waals surface area contributed by atoms with Gasteiger partial charge in [0.1, 0.15) is 60.3 Å². The molecule has 17 nitrogen and oxygen atoms in total. The molecule has 0 aromatic heterocycles. The molecular weight excluding hydrogens is 1910 g/mol. The fourth-order valence-corrected chi connectivity index (χ4v) is 31.0. The van der Waals surface area contributed by atoms with E-state index in [-0.39, 0.29) is 135 Å². The number of aromatic hydroxyl groups is 1. The molecule has 0 amide bonds. The van der Waals surface area contributed by atoms with E-state index in [0.717, 1.165) is 81.7 Å². The molecule has 10 atom stereocenters. The molecule has 145 heavy (non-hydrogen) atoms. The van der Waals surface area contributed by atoms with E-state index in [1.165, 1.54) is 73.4 Å². The molecule has 22 rings (SSSR count). The highest BCUT2D eigenvalue weighted by Crippen LogP contribution is 2.51. The molecule has 2 N–H and O–H groups in total. The number of ether oxygens (including phenoxy) is 10. The second-order valence-corrected chi connectivity index (χ2v) is 46.6. The van der Waals surface area contributed by atoms with Crippen LogP contribution in [0.25, 0.3) is 0 Å². The zero-order valence-electron chi connectivity index (χ0n) is 82.5. The van der Waals surface area contributed by atoms with Gasteiger partial charge in [0.25, 0.3) is 0 Å². The van der Waals surface area contributed by atoms with E-state index in [2.05, 4.69) is 320 Å². The quantitative estimate of drug-likeness (QED) is 0.0202. The van der Waals surface area contributed by atoms with E-state index in [9.17, 15) is 29.1 Å². The molecule has 5 saturated heterocycles. The highest BCUT2D eigenvalue weighted by molar-refractivity contribution is 7.98. The standard InChI is InChI=1S/C32H33O5S.C29H27O6S.C23H22O4S.C20H18OS.C19H17OS/c1-20-13-27(38(25-9-5-3-6-10-25)26-11-7-4-8-12-26)14-21(2)30(20)35-19-29(33)37-31-23-15-22-16-24(18-23)32(34)36-28(31)17-22;1-17-13-21(36(19-9-5-3-6-10-19)20-11-7-4-8-12-20)14-18(2)25(17)32-16-24(30)34-27-23-15-22-26(33-23)28(27)35-29(22)31;1-17-15-21(16-18(2)22(17)26-13-14-27-23(24)25)28(19-9-5-3-6-10-19)20-11-7-4-8-12-20;1-15-13-19(14-16(2)20(15)21)22(17-9-5-3-6-10-17)18-11-7-4-8-12-18;1-20-16-12-14-19(15-13-16)21(17-8-4-2-5-9-17)18-10-6-3-7-11-18/h3-14,22-24,28,31H,15-19H2,1-2H3;3-14,22-23,26-28H,15-16H2,1-2H3;3-12,15-16H,13-14H2,1-2H3;3-14H,1-2H3;2-15H,1H3/q2*+1;;;+1/p+2. The van der Waals surface area contributed by atoms with Gasteiger partial charge in [0.2, 0.25) is 0 Å². The van der Waals surface area contributed by atoms with E-state index < -0.39 is 30.3 Å². The number of methoxy groups -OCH3 is 1. The van der Waals surface area contributed by atoms with Crippen LogP contribution in [0.15, 0.2) is 450 Å². The largest absolute Gasteiger partial charge is 0.507 e. The van der Waals surface area contributed by atoms with Crippen molar-refractivity contribution in [3.05, 3.63) is 421 Å². The Morgan fingerprint density at radius 1 is 0.317 bits per heavy atom. The number of aryl methyl sites for hydroxylation is 8. The molecule has 738 valence electrons. The number of fused-ring (bicyclic) bond motifs is 2. The van der Waals surface area contributed by atoms with Crippen molar-refractivity contribution in [1.82, 2.24) is 0 Å². The van der Waals surface area contributed by atoms with Gasteiger partial charge in [-0.3, -0.25) is 9.59 Å². The Bertz CT molecular complexity index is 6600.